The summed E-state index contributed by atoms with van der Waals surface area (Å²) in [6, 6.07) is 19.8. The molecule has 6 nitrogen and oxygen atoms in total. The van der Waals surface area contributed by atoms with Crippen LogP contribution in [0, 0.1) is 13.8 Å². The monoisotopic (exact) mass is 497 g/mol. The minimum absolute atomic E-state index is 0.0661. The Morgan fingerprint density at radius 2 is 1.32 bits per heavy atom. The summed E-state index contributed by atoms with van der Waals surface area (Å²) in [6.07, 6.45) is -0.669. The van der Waals surface area contributed by atoms with E-state index in [1.807, 2.05) is 13.8 Å². The normalized spacial score (nSPS) is 13.3. The van der Waals surface area contributed by atoms with Crippen molar-refractivity contribution in [3.63, 3.8) is 0 Å². The molecule has 0 radical (unpaired) electrons. The third-order valence-corrected chi connectivity index (χ3v) is 9.22. The highest BCUT2D eigenvalue weighted by molar-refractivity contribution is 7.91. The molecule has 1 aromatic heterocycles. The summed E-state index contributed by atoms with van der Waals surface area (Å²) in [7, 11) is -7.99. The molecule has 0 aliphatic carbocycles. The Balaban J connectivity index is 2.01. The lowest BCUT2D eigenvalue weighted by Crippen LogP contribution is -2.20. The molecule has 178 valence electrons. The average Bonchev–Trinajstić information content (AvgIpc) is 3.07. The topological polar surface area (TPSA) is 93.4 Å². The predicted octanol–water partition coefficient (Wildman–Crippen LogP) is 4.39. The van der Waals surface area contributed by atoms with Crippen LogP contribution in [0.5, 0.6) is 0 Å². The quantitative estimate of drug-likeness (QED) is 0.409. The molecule has 3 aromatic carbocycles. The molecule has 0 fully saturated rings. The highest BCUT2D eigenvalue weighted by Crippen LogP contribution is 2.33. The maximum Gasteiger partial charge on any atom is 0.268 e. The molecule has 34 heavy (non-hydrogen) atoms. The molecule has 1 N–H and O–H groups in total. The first kappa shape index (κ1) is 24.2. The molecule has 1 unspecified atom stereocenters. The summed E-state index contributed by atoms with van der Waals surface area (Å²) in [4.78, 5) is 0.182. The SMILES string of the molecule is Cc1ccc(S(=O)(=O)Cc2c(CC(C)O)c3ccccc3n2S(=O)(=O)c2ccc(C)cc2)cc1. The first-order valence-corrected chi connectivity index (χ1v) is 14.0. The fourth-order valence-corrected chi connectivity index (χ4v) is 7.13. The van der Waals surface area contributed by atoms with Crippen molar-refractivity contribution in [1.82, 2.24) is 3.97 Å². The molecule has 1 heterocycles. The summed E-state index contributed by atoms with van der Waals surface area (Å²) in [5.74, 6) is -0.516. The lowest BCUT2D eigenvalue weighted by atomic mass is 10.1. The number of aromatic nitrogens is 1. The van der Waals surface area contributed by atoms with E-state index in [0.717, 1.165) is 15.1 Å². The smallest absolute Gasteiger partial charge is 0.268 e. The Kier molecular flexibility index (Phi) is 6.42. The lowest BCUT2D eigenvalue weighted by Gasteiger charge is -2.15. The van der Waals surface area contributed by atoms with E-state index >= 15 is 0 Å². The van der Waals surface area contributed by atoms with Crippen LogP contribution >= 0.6 is 0 Å². The number of benzene rings is 3. The summed E-state index contributed by atoms with van der Waals surface area (Å²) in [6.45, 7) is 5.32. The van der Waals surface area contributed by atoms with Crippen LogP contribution in [0.2, 0.25) is 0 Å². The van der Waals surface area contributed by atoms with Gasteiger partial charge < -0.3 is 5.11 Å². The molecule has 0 bridgehead atoms. The van der Waals surface area contributed by atoms with Crippen molar-refractivity contribution in [2.45, 2.75) is 48.8 Å². The van der Waals surface area contributed by atoms with Crippen LogP contribution in [0.4, 0.5) is 0 Å². The standard InChI is InChI=1S/C26H27NO5S2/c1-18-8-12-21(13-9-18)33(29,30)17-26-24(16-20(3)28)23-6-4-5-7-25(23)27(26)34(31,32)22-14-10-19(2)11-15-22/h4-15,20,28H,16-17H2,1-3H3. The molecular weight excluding hydrogens is 470 g/mol. The van der Waals surface area contributed by atoms with Gasteiger partial charge in [0.1, 0.15) is 0 Å². The van der Waals surface area contributed by atoms with Gasteiger partial charge in [0.2, 0.25) is 0 Å². The largest absolute Gasteiger partial charge is 0.393 e. The van der Waals surface area contributed by atoms with Gasteiger partial charge in [0.05, 0.1) is 32.9 Å². The number of hydrogen-bond donors (Lipinski definition) is 1. The summed E-state index contributed by atoms with van der Waals surface area (Å²) in [5, 5.41) is 10.8. The van der Waals surface area contributed by atoms with Gasteiger partial charge in [0.15, 0.2) is 9.84 Å². The maximum atomic E-state index is 13.9. The molecule has 4 rings (SSSR count). The highest BCUT2D eigenvalue weighted by Gasteiger charge is 2.30. The van der Waals surface area contributed by atoms with E-state index in [4.69, 9.17) is 0 Å². The number of aliphatic hydroxyl groups excluding tert-OH is 1. The number of sulfone groups is 1. The summed E-state index contributed by atoms with van der Waals surface area (Å²) < 4.78 is 55.7. The van der Waals surface area contributed by atoms with E-state index in [2.05, 4.69) is 0 Å². The van der Waals surface area contributed by atoms with Crippen LogP contribution in [0.25, 0.3) is 10.9 Å². The molecule has 0 aliphatic heterocycles. The molecule has 0 saturated heterocycles. The van der Waals surface area contributed by atoms with Crippen molar-refractivity contribution in [3.05, 3.63) is 95.2 Å². The zero-order chi connectivity index (χ0) is 24.7. The van der Waals surface area contributed by atoms with Crippen molar-refractivity contribution in [2.75, 3.05) is 0 Å². The first-order chi connectivity index (χ1) is 16.0. The fraction of sp³-hybridized carbons (Fsp3) is 0.231. The number of hydrogen-bond acceptors (Lipinski definition) is 5. The molecule has 4 aromatic rings. The number of fused-ring (bicyclic) bond motifs is 1. The van der Waals surface area contributed by atoms with Gasteiger partial charge in [-0.3, -0.25) is 0 Å². The Morgan fingerprint density at radius 1 is 0.794 bits per heavy atom. The third-order valence-electron chi connectivity index (χ3n) is 5.81. The predicted molar refractivity (Wildman–Crippen MR) is 133 cm³/mol. The van der Waals surface area contributed by atoms with Crippen molar-refractivity contribution in [2.24, 2.45) is 0 Å². The van der Waals surface area contributed by atoms with E-state index in [9.17, 15) is 21.9 Å². The van der Waals surface area contributed by atoms with Crippen LogP contribution in [0.1, 0.15) is 29.3 Å². The molecule has 0 spiro atoms. The minimum atomic E-state index is -4.12. The van der Waals surface area contributed by atoms with Crippen LogP contribution < -0.4 is 0 Å². The van der Waals surface area contributed by atoms with Crippen molar-refractivity contribution in [3.8, 4) is 0 Å². The minimum Gasteiger partial charge on any atom is -0.393 e. The molecule has 1 atom stereocenters. The van der Waals surface area contributed by atoms with E-state index in [-0.39, 0.29) is 21.9 Å². The number of para-hydroxylation sites is 1. The van der Waals surface area contributed by atoms with E-state index in [0.29, 0.717) is 16.5 Å². The summed E-state index contributed by atoms with van der Waals surface area (Å²) in [5.41, 5.74) is 2.87. The number of rotatable bonds is 7. The van der Waals surface area contributed by atoms with Crippen molar-refractivity contribution in [1.29, 1.82) is 0 Å². The molecule has 0 aliphatic rings. The Bertz CT molecular complexity index is 1550. The first-order valence-electron chi connectivity index (χ1n) is 10.9. The van der Waals surface area contributed by atoms with Crippen molar-refractivity contribution >= 4 is 30.8 Å². The Morgan fingerprint density at radius 3 is 1.88 bits per heavy atom. The zero-order valence-electron chi connectivity index (χ0n) is 19.3. The van der Waals surface area contributed by atoms with E-state index in [1.54, 1.807) is 55.5 Å². The third kappa shape index (κ3) is 4.53. The fourth-order valence-electron chi connectivity index (χ4n) is 4.10. The average molecular weight is 498 g/mol. The number of aliphatic hydroxyl groups is 1. The Labute approximate surface area is 200 Å². The maximum absolute atomic E-state index is 13.9. The summed E-state index contributed by atoms with van der Waals surface area (Å²) >= 11 is 0. The number of aryl methyl sites for hydroxylation is 2. The lowest BCUT2D eigenvalue weighted by molar-refractivity contribution is 0.195. The molecular formula is C26H27NO5S2. The molecule has 8 heteroatoms. The second-order valence-electron chi connectivity index (χ2n) is 8.65. The van der Waals surface area contributed by atoms with Gasteiger partial charge in [-0.2, -0.15) is 0 Å². The van der Waals surface area contributed by atoms with Crippen LogP contribution in [-0.4, -0.2) is 32.0 Å². The van der Waals surface area contributed by atoms with Gasteiger partial charge in [-0.1, -0.05) is 53.6 Å². The van der Waals surface area contributed by atoms with Gasteiger partial charge in [0, 0.05) is 11.8 Å². The van der Waals surface area contributed by atoms with Gasteiger partial charge in [0.25, 0.3) is 10.0 Å². The number of nitrogens with zero attached hydrogens (tertiary/aromatic N) is 1. The van der Waals surface area contributed by atoms with Crippen LogP contribution in [0.3, 0.4) is 0 Å². The van der Waals surface area contributed by atoms with Crippen LogP contribution in [0.15, 0.2) is 82.6 Å². The molecule has 0 saturated carbocycles. The Hall–Kier alpha value is -2.94. The van der Waals surface area contributed by atoms with Gasteiger partial charge in [-0.05, 0) is 56.7 Å². The zero-order valence-corrected chi connectivity index (χ0v) is 20.9. The second-order valence-corrected chi connectivity index (χ2v) is 12.4. The highest BCUT2D eigenvalue weighted by atomic mass is 32.2. The molecule has 0 amide bonds. The second kappa shape index (κ2) is 9.02. The van der Waals surface area contributed by atoms with Gasteiger partial charge in [-0.25, -0.2) is 20.8 Å². The van der Waals surface area contributed by atoms with Crippen LogP contribution in [-0.2, 0) is 32.0 Å². The van der Waals surface area contributed by atoms with E-state index in [1.165, 1.54) is 24.3 Å². The van der Waals surface area contributed by atoms with Gasteiger partial charge in [-0.15, -0.1) is 0 Å². The van der Waals surface area contributed by atoms with Crippen molar-refractivity contribution < 1.29 is 21.9 Å². The van der Waals surface area contributed by atoms with Gasteiger partial charge >= 0.3 is 0 Å². The van der Waals surface area contributed by atoms with E-state index < -0.39 is 31.7 Å².